The number of aromatic nitrogens is 1. The fourth-order valence-electron chi connectivity index (χ4n) is 2.49. The van der Waals surface area contributed by atoms with E-state index in [1.807, 2.05) is 12.1 Å². The molecule has 1 aliphatic heterocycles. The zero-order valence-corrected chi connectivity index (χ0v) is 10.1. The number of carbonyl (C=O) groups is 1. The van der Waals surface area contributed by atoms with Crippen LogP contribution in [0.5, 0.6) is 0 Å². The van der Waals surface area contributed by atoms with Crippen LogP contribution in [0.4, 0.5) is 0 Å². The number of hydroxylamine groups is 1. The summed E-state index contributed by atoms with van der Waals surface area (Å²) >= 11 is 0. The number of rotatable bonds is 3. The van der Waals surface area contributed by atoms with Crippen molar-refractivity contribution in [1.82, 2.24) is 10.5 Å². The summed E-state index contributed by atoms with van der Waals surface area (Å²) in [6, 6.07) is 3.94. The van der Waals surface area contributed by atoms with Crippen LogP contribution in [0.1, 0.15) is 30.0 Å². The molecule has 2 heterocycles. The van der Waals surface area contributed by atoms with Crippen molar-refractivity contribution in [1.29, 1.82) is 0 Å². The predicted molar refractivity (Wildman–Crippen MR) is 63.8 cm³/mol. The SMILES string of the molecule is O=C(NOC1CCOC1)C1CCc2cccnc21. The molecule has 1 aromatic heterocycles. The zero-order valence-electron chi connectivity index (χ0n) is 10.1. The molecule has 1 fully saturated rings. The minimum Gasteiger partial charge on any atom is -0.379 e. The fraction of sp³-hybridized carbons (Fsp3) is 0.538. The van der Waals surface area contributed by atoms with Crippen LogP contribution in [0.3, 0.4) is 0 Å². The molecule has 0 radical (unpaired) electrons. The molecule has 2 unspecified atom stereocenters. The van der Waals surface area contributed by atoms with E-state index < -0.39 is 0 Å². The number of carbonyl (C=O) groups excluding carboxylic acids is 1. The van der Waals surface area contributed by atoms with Gasteiger partial charge in [0, 0.05) is 19.2 Å². The Bertz CT molecular complexity index is 444. The van der Waals surface area contributed by atoms with E-state index in [2.05, 4.69) is 10.5 Å². The van der Waals surface area contributed by atoms with E-state index in [0.29, 0.717) is 13.2 Å². The van der Waals surface area contributed by atoms with Crippen molar-refractivity contribution in [3.8, 4) is 0 Å². The molecule has 1 aliphatic carbocycles. The highest BCUT2D eigenvalue weighted by atomic mass is 16.7. The van der Waals surface area contributed by atoms with Crippen LogP contribution in [0.25, 0.3) is 0 Å². The highest BCUT2D eigenvalue weighted by Gasteiger charge is 2.30. The first-order chi connectivity index (χ1) is 8.84. The molecular formula is C13H16N2O3. The second kappa shape index (κ2) is 5.04. The molecule has 5 heteroatoms. The first-order valence-corrected chi connectivity index (χ1v) is 6.31. The lowest BCUT2D eigenvalue weighted by Crippen LogP contribution is -2.33. The van der Waals surface area contributed by atoms with Crippen LogP contribution < -0.4 is 5.48 Å². The van der Waals surface area contributed by atoms with Gasteiger partial charge in [0.05, 0.1) is 18.2 Å². The summed E-state index contributed by atoms with van der Waals surface area (Å²) in [4.78, 5) is 21.7. The van der Waals surface area contributed by atoms with Gasteiger partial charge in [0.1, 0.15) is 6.10 Å². The lowest BCUT2D eigenvalue weighted by atomic mass is 10.1. The van der Waals surface area contributed by atoms with Gasteiger partial charge in [-0.1, -0.05) is 6.07 Å². The molecule has 2 aliphatic rings. The highest BCUT2D eigenvalue weighted by Crippen LogP contribution is 2.31. The molecule has 18 heavy (non-hydrogen) atoms. The molecule has 2 atom stereocenters. The van der Waals surface area contributed by atoms with Gasteiger partial charge in [0.25, 0.3) is 5.91 Å². The number of ether oxygens (including phenoxy) is 1. The Hall–Kier alpha value is -1.46. The van der Waals surface area contributed by atoms with E-state index in [0.717, 1.165) is 25.0 Å². The number of nitrogens with one attached hydrogen (secondary N) is 1. The molecule has 1 N–H and O–H groups in total. The maximum Gasteiger partial charge on any atom is 0.252 e. The topological polar surface area (TPSA) is 60.5 Å². The van der Waals surface area contributed by atoms with Crippen molar-refractivity contribution in [3.05, 3.63) is 29.6 Å². The first-order valence-electron chi connectivity index (χ1n) is 6.31. The molecule has 3 rings (SSSR count). The average molecular weight is 248 g/mol. The monoisotopic (exact) mass is 248 g/mol. The average Bonchev–Trinajstić information content (AvgIpc) is 3.05. The van der Waals surface area contributed by atoms with Gasteiger partial charge >= 0.3 is 0 Å². The molecule has 96 valence electrons. The van der Waals surface area contributed by atoms with Gasteiger partial charge in [-0.15, -0.1) is 0 Å². The van der Waals surface area contributed by atoms with Crippen LogP contribution >= 0.6 is 0 Å². The second-order valence-corrected chi connectivity index (χ2v) is 4.71. The van der Waals surface area contributed by atoms with Crippen molar-refractivity contribution in [2.45, 2.75) is 31.3 Å². The molecule has 0 aromatic carbocycles. The number of amides is 1. The second-order valence-electron chi connectivity index (χ2n) is 4.71. The zero-order chi connectivity index (χ0) is 12.4. The van der Waals surface area contributed by atoms with E-state index in [4.69, 9.17) is 9.57 Å². The Labute approximate surface area is 105 Å². The summed E-state index contributed by atoms with van der Waals surface area (Å²) < 4.78 is 5.18. The number of hydrogen-bond acceptors (Lipinski definition) is 4. The standard InChI is InChI=1S/C13H16N2O3/c16-13(15-18-10-5-7-17-8-10)11-4-3-9-2-1-6-14-12(9)11/h1-2,6,10-11H,3-5,7-8H2,(H,15,16). The van der Waals surface area contributed by atoms with E-state index in [9.17, 15) is 4.79 Å². The molecule has 0 bridgehead atoms. The molecule has 1 amide bonds. The van der Waals surface area contributed by atoms with Crippen molar-refractivity contribution >= 4 is 5.91 Å². The van der Waals surface area contributed by atoms with Crippen molar-refractivity contribution in [2.75, 3.05) is 13.2 Å². The maximum absolute atomic E-state index is 12.0. The number of pyridine rings is 1. The molecule has 1 saturated heterocycles. The summed E-state index contributed by atoms with van der Waals surface area (Å²) in [5.74, 6) is -0.275. The Balaban J connectivity index is 1.60. The third-order valence-electron chi connectivity index (χ3n) is 3.49. The van der Waals surface area contributed by atoms with Gasteiger partial charge < -0.3 is 4.74 Å². The summed E-state index contributed by atoms with van der Waals surface area (Å²) in [6.07, 6.45) is 4.27. The summed E-state index contributed by atoms with van der Waals surface area (Å²) in [7, 11) is 0. The van der Waals surface area contributed by atoms with E-state index in [-0.39, 0.29) is 17.9 Å². The van der Waals surface area contributed by atoms with Gasteiger partial charge in [-0.25, -0.2) is 5.48 Å². The molecule has 1 aromatic rings. The maximum atomic E-state index is 12.0. The highest BCUT2D eigenvalue weighted by molar-refractivity contribution is 5.83. The lowest BCUT2D eigenvalue weighted by molar-refractivity contribution is -0.140. The van der Waals surface area contributed by atoms with E-state index >= 15 is 0 Å². The Morgan fingerprint density at radius 3 is 3.28 bits per heavy atom. The molecule has 0 spiro atoms. The number of hydrogen-bond donors (Lipinski definition) is 1. The first kappa shape index (κ1) is 11.6. The van der Waals surface area contributed by atoms with Gasteiger partial charge in [0.2, 0.25) is 0 Å². The van der Waals surface area contributed by atoms with Crippen molar-refractivity contribution in [2.24, 2.45) is 0 Å². The van der Waals surface area contributed by atoms with E-state index in [1.54, 1.807) is 6.20 Å². The third kappa shape index (κ3) is 2.23. The third-order valence-corrected chi connectivity index (χ3v) is 3.49. The van der Waals surface area contributed by atoms with Gasteiger partial charge in [0.15, 0.2) is 0 Å². The Morgan fingerprint density at radius 2 is 2.44 bits per heavy atom. The molecule has 0 saturated carbocycles. The van der Waals surface area contributed by atoms with E-state index in [1.165, 1.54) is 5.56 Å². The Morgan fingerprint density at radius 1 is 1.50 bits per heavy atom. The van der Waals surface area contributed by atoms with Crippen LogP contribution in [-0.2, 0) is 20.8 Å². The number of aryl methyl sites for hydroxylation is 1. The fourth-order valence-corrected chi connectivity index (χ4v) is 2.49. The number of fused-ring (bicyclic) bond motifs is 1. The number of nitrogens with zero attached hydrogens (tertiary/aromatic N) is 1. The van der Waals surface area contributed by atoms with Gasteiger partial charge in [-0.05, 0) is 24.5 Å². The quantitative estimate of drug-likeness (QED) is 0.809. The van der Waals surface area contributed by atoms with Crippen LogP contribution in [0, 0.1) is 0 Å². The van der Waals surface area contributed by atoms with Crippen LogP contribution in [-0.4, -0.2) is 30.2 Å². The summed E-state index contributed by atoms with van der Waals surface area (Å²) in [5, 5.41) is 0. The summed E-state index contributed by atoms with van der Waals surface area (Å²) in [5.41, 5.74) is 4.61. The molecule has 5 nitrogen and oxygen atoms in total. The minimum atomic E-state index is -0.177. The van der Waals surface area contributed by atoms with Crippen molar-refractivity contribution in [3.63, 3.8) is 0 Å². The smallest absolute Gasteiger partial charge is 0.252 e. The Kier molecular flexibility index (Phi) is 3.25. The van der Waals surface area contributed by atoms with Gasteiger partial charge in [-0.3, -0.25) is 14.6 Å². The minimum absolute atomic E-state index is 0.0152. The predicted octanol–water partition coefficient (Wildman–Crippen LogP) is 0.948. The largest absolute Gasteiger partial charge is 0.379 e. The lowest BCUT2D eigenvalue weighted by Gasteiger charge is -2.14. The summed E-state index contributed by atoms with van der Waals surface area (Å²) in [6.45, 7) is 1.26. The van der Waals surface area contributed by atoms with Crippen LogP contribution in [0.15, 0.2) is 18.3 Å². The van der Waals surface area contributed by atoms with Crippen molar-refractivity contribution < 1.29 is 14.4 Å². The molecular weight excluding hydrogens is 232 g/mol. The van der Waals surface area contributed by atoms with Crippen LogP contribution in [0.2, 0.25) is 0 Å². The normalized spacial score (nSPS) is 26.0. The van der Waals surface area contributed by atoms with Gasteiger partial charge in [-0.2, -0.15) is 0 Å².